The zero-order chi connectivity index (χ0) is 24.1. The third-order valence-electron chi connectivity index (χ3n) is 5.61. The van der Waals surface area contributed by atoms with Gasteiger partial charge in [-0.15, -0.1) is 0 Å². The van der Waals surface area contributed by atoms with Gasteiger partial charge in [0.05, 0.1) is 19.2 Å². The number of aliphatic hydroxyl groups is 2. The molecule has 8 nitrogen and oxygen atoms in total. The summed E-state index contributed by atoms with van der Waals surface area (Å²) in [5.41, 5.74) is 2.74. The fourth-order valence-electron chi connectivity index (χ4n) is 3.85. The molecule has 0 radical (unpaired) electrons. The van der Waals surface area contributed by atoms with Crippen molar-refractivity contribution in [2.75, 3.05) is 18.0 Å². The lowest BCUT2D eigenvalue weighted by atomic mass is 10.0. The highest BCUT2D eigenvalue weighted by molar-refractivity contribution is 5.72. The number of hydrogen-bond acceptors (Lipinski definition) is 7. The van der Waals surface area contributed by atoms with Crippen molar-refractivity contribution in [3.05, 3.63) is 77.5 Å². The van der Waals surface area contributed by atoms with E-state index in [4.69, 9.17) is 14.3 Å². The van der Waals surface area contributed by atoms with Gasteiger partial charge in [0.25, 0.3) is 0 Å². The number of nitrogens with zero attached hydrogens (tertiary/aromatic N) is 1. The molecule has 34 heavy (non-hydrogen) atoms. The van der Waals surface area contributed by atoms with Gasteiger partial charge in [-0.25, -0.2) is 4.39 Å². The van der Waals surface area contributed by atoms with Crippen LogP contribution in [0.4, 0.5) is 10.1 Å². The van der Waals surface area contributed by atoms with Crippen molar-refractivity contribution in [1.29, 1.82) is 0 Å². The molecule has 1 aromatic heterocycles. The maximum Gasteiger partial charge on any atom is 0.238 e. The van der Waals surface area contributed by atoms with Crippen LogP contribution >= 0.6 is 0 Å². The number of hydrogen-bond donors (Lipinski definition) is 4. The fourth-order valence-corrected chi connectivity index (χ4v) is 3.85. The number of carbonyl (C=O) groups is 1. The molecule has 1 aliphatic rings. The van der Waals surface area contributed by atoms with E-state index in [1.807, 2.05) is 30.3 Å². The van der Waals surface area contributed by atoms with Crippen molar-refractivity contribution in [2.45, 2.75) is 39.1 Å². The summed E-state index contributed by atoms with van der Waals surface area (Å²) in [7, 11) is 0. The van der Waals surface area contributed by atoms with E-state index in [2.05, 4.69) is 10.6 Å². The normalized spacial score (nSPS) is 17.8. The van der Waals surface area contributed by atoms with Crippen LogP contribution in [0.2, 0.25) is 0 Å². The van der Waals surface area contributed by atoms with E-state index >= 15 is 0 Å². The Labute approximate surface area is 197 Å². The lowest BCUT2D eigenvalue weighted by Crippen LogP contribution is -2.33. The van der Waals surface area contributed by atoms with Gasteiger partial charge < -0.3 is 34.9 Å². The zero-order valence-corrected chi connectivity index (χ0v) is 18.8. The van der Waals surface area contributed by atoms with E-state index in [1.54, 1.807) is 23.1 Å². The Morgan fingerprint density at radius 3 is 2.56 bits per heavy atom. The first-order valence-electron chi connectivity index (χ1n) is 11.1. The number of benzene rings is 2. The van der Waals surface area contributed by atoms with Gasteiger partial charge in [0.15, 0.2) is 0 Å². The van der Waals surface area contributed by atoms with Crippen LogP contribution in [0.1, 0.15) is 24.0 Å². The maximum atomic E-state index is 14.9. The number of carbonyl (C=O) groups excluding carboxylic acids is 1. The molecule has 4 N–H and O–H groups in total. The molecule has 1 aliphatic heterocycles. The minimum Gasteiger partial charge on any atom is -0.462 e. The quantitative estimate of drug-likeness (QED) is 0.381. The smallest absolute Gasteiger partial charge is 0.238 e. The van der Waals surface area contributed by atoms with Gasteiger partial charge in [-0.1, -0.05) is 24.3 Å². The highest BCUT2D eigenvalue weighted by Crippen LogP contribution is 2.30. The molecule has 4 rings (SSSR count). The molecule has 0 bridgehead atoms. The second kappa shape index (κ2) is 10.8. The third-order valence-corrected chi connectivity index (χ3v) is 5.61. The second-order valence-corrected chi connectivity index (χ2v) is 8.16. The monoisotopic (exact) mass is 469 g/mol. The van der Waals surface area contributed by atoms with Crippen LogP contribution in [0.5, 0.6) is 0 Å². The summed E-state index contributed by atoms with van der Waals surface area (Å²) in [5, 5.41) is 25.2. The number of anilines is 1. The number of aliphatic hydroxyl groups excluding tert-OH is 2. The van der Waals surface area contributed by atoms with Crippen LogP contribution in [-0.4, -0.2) is 41.7 Å². The Bertz CT molecular complexity index is 1120. The van der Waals surface area contributed by atoms with Crippen molar-refractivity contribution < 1.29 is 28.6 Å². The Balaban J connectivity index is 1.35. The van der Waals surface area contributed by atoms with Gasteiger partial charge in [-0.05, 0) is 41.5 Å². The Kier molecular flexibility index (Phi) is 7.59. The third kappa shape index (κ3) is 5.81. The van der Waals surface area contributed by atoms with Crippen molar-refractivity contribution in [3.63, 3.8) is 0 Å². The van der Waals surface area contributed by atoms with Gasteiger partial charge in [0.2, 0.25) is 12.3 Å². The van der Waals surface area contributed by atoms with Crippen molar-refractivity contribution in [3.8, 4) is 11.1 Å². The first-order chi connectivity index (χ1) is 16.4. The van der Waals surface area contributed by atoms with Crippen LogP contribution in [0.25, 0.3) is 11.1 Å². The molecule has 2 aromatic carbocycles. The summed E-state index contributed by atoms with van der Waals surface area (Å²) in [6.45, 7) is 3.05. The average molecular weight is 470 g/mol. The molecular weight excluding hydrogens is 441 g/mol. The number of furan rings is 1. The number of halogens is 1. The molecule has 3 aromatic rings. The molecule has 0 spiro atoms. The SMILES string of the molecule is CC(=O)NC[C@H]1CN(c2ccc(-c3ccc(CNCc4ccc(CO)o4)cc3)c(F)c2)C(O)O1. The van der Waals surface area contributed by atoms with Crippen LogP contribution in [0, 0.1) is 5.82 Å². The zero-order valence-electron chi connectivity index (χ0n) is 18.8. The second-order valence-electron chi connectivity index (χ2n) is 8.16. The maximum absolute atomic E-state index is 14.9. The number of amides is 1. The minimum atomic E-state index is -1.20. The molecule has 2 atom stereocenters. The van der Waals surface area contributed by atoms with Crippen LogP contribution in [-0.2, 0) is 29.2 Å². The van der Waals surface area contributed by atoms with Crippen LogP contribution in [0.15, 0.2) is 59.0 Å². The number of nitrogens with one attached hydrogen (secondary N) is 2. The standard InChI is InChI=1S/C25H28FN3O5/c1-16(31)28-13-22-14-29(25(32)34-22)19-6-9-23(24(26)10-19)18-4-2-17(3-5-18)11-27-12-20-7-8-21(15-30)33-20/h2-10,22,25,27,30,32H,11-15H2,1H3,(H,28,31)/t22-,25?/m0/s1. The van der Waals surface area contributed by atoms with Crippen molar-refractivity contribution >= 4 is 11.6 Å². The summed E-state index contributed by atoms with van der Waals surface area (Å²) in [5.74, 6) is 0.699. The summed E-state index contributed by atoms with van der Waals surface area (Å²) in [4.78, 5) is 12.6. The Morgan fingerprint density at radius 1 is 1.12 bits per heavy atom. The number of ether oxygens (including phenoxy) is 1. The molecule has 180 valence electrons. The minimum absolute atomic E-state index is 0.121. The van der Waals surface area contributed by atoms with Crippen LogP contribution < -0.4 is 15.5 Å². The molecule has 0 saturated carbocycles. The van der Waals surface area contributed by atoms with E-state index in [1.165, 1.54) is 13.0 Å². The van der Waals surface area contributed by atoms with Crippen molar-refractivity contribution in [2.24, 2.45) is 0 Å². The first-order valence-corrected chi connectivity index (χ1v) is 11.1. The Hall–Kier alpha value is -3.24. The summed E-state index contributed by atoms with van der Waals surface area (Å²) in [6.07, 6.45) is -1.58. The van der Waals surface area contributed by atoms with E-state index < -0.39 is 12.2 Å². The van der Waals surface area contributed by atoms with Gasteiger partial charge in [0.1, 0.15) is 23.9 Å². The van der Waals surface area contributed by atoms with E-state index in [0.717, 1.165) is 16.9 Å². The predicted octanol–water partition coefficient (Wildman–Crippen LogP) is 2.49. The largest absolute Gasteiger partial charge is 0.462 e. The van der Waals surface area contributed by atoms with Gasteiger partial charge >= 0.3 is 0 Å². The molecule has 2 heterocycles. The molecule has 1 saturated heterocycles. The molecule has 1 unspecified atom stereocenters. The summed E-state index contributed by atoms with van der Waals surface area (Å²) < 4.78 is 25.8. The summed E-state index contributed by atoms with van der Waals surface area (Å²) >= 11 is 0. The van der Waals surface area contributed by atoms with E-state index in [0.29, 0.717) is 36.6 Å². The molecule has 9 heteroatoms. The van der Waals surface area contributed by atoms with E-state index in [9.17, 15) is 14.3 Å². The fraction of sp³-hybridized carbons (Fsp3) is 0.320. The molecule has 0 aliphatic carbocycles. The number of rotatable bonds is 9. The first kappa shape index (κ1) is 23.9. The van der Waals surface area contributed by atoms with Gasteiger partial charge in [0, 0.05) is 31.3 Å². The van der Waals surface area contributed by atoms with Crippen LogP contribution in [0.3, 0.4) is 0 Å². The van der Waals surface area contributed by atoms with E-state index in [-0.39, 0.29) is 25.2 Å². The lowest BCUT2D eigenvalue weighted by molar-refractivity contribution is -0.121. The van der Waals surface area contributed by atoms with Gasteiger partial charge in [-0.3, -0.25) is 4.79 Å². The summed E-state index contributed by atoms with van der Waals surface area (Å²) in [6, 6.07) is 16.0. The molecule has 1 fully saturated rings. The van der Waals surface area contributed by atoms with Crippen molar-refractivity contribution in [1.82, 2.24) is 10.6 Å². The topological polar surface area (TPSA) is 107 Å². The predicted molar refractivity (Wildman–Crippen MR) is 124 cm³/mol. The Morgan fingerprint density at radius 2 is 1.88 bits per heavy atom. The van der Waals surface area contributed by atoms with Gasteiger partial charge in [-0.2, -0.15) is 0 Å². The lowest BCUT2D eigenvalue weighted by Gasteiger charge is -2.21. The molecular formula is C25H28FN3O5. The average Bonchev–Trinajstić information content (AvgIpc) is 3.44. The highest BCUT2D eigenvalue weighted by atomic mass is 19.1. The highest BCUT2D eigenvalue weighted by Gasteiger charge is 2.32. The molecule has 1 amide bonds.